The summed E-state index contributed by atoms with van der Waals surface area (Å²) in [5.74, 6) is 1.22. The van der Waals surface area contributed by atoms with Gasteiger partial charge in [-0.2, -0.15) is 0 Å². The third-order valence-corrected chi connectivity index (χ3v) is 4.71. The van der Waals surface area contributed by atoms with E-state index in [1.165, 1.54) is 14.7 Å². The standard InChI is InChI=1S/C15H15I/c1-15(2)13-6-4-3-5-11(13)12-8-7-10(16)9-14(12)15/h3-9,11,13H,1-2H3. The molecule has 0 amide bonds. The molecule has 0 aromatic heterocycles. The summed E-state index contributed by atoms with van der Waals surface area (Å²) in [5, 5.41) is 0. The van der Waals surface area contributed by atoms with Crippen LogP contribution in [0.3, 0.4) is 0 Å². The summed E-state index contributed by atoms with van der Waals surface area (Å²) in [6, 6.07) is 6.90. The quantitative estimate of drug-likeness (QED) is 0.621. The Hall–Kier alpha value is -0.570. The predicted molar refractivity (Wildman–Crippen MR) is 76.7 cm³/mol. The molecule has 0 saturated carbocycles. The number of hydrogen-bond acceptors (Lipinski definition) is 0. The maximum absolute atomic E-state index is 2.41. The van der Waals surface area contributed by atoms with Crippen LogP contribution in [-0.2, 0) is 5.41 Å². The van der Waals surface area contributed by atoms with E-state index in [0.717, 1.165) is 0 Å². The highest BCUT2D eigenvalue weighted by Gasteiger charge is 2.44. The van der Waals surface area contributed by atoms with E-state index < -0.39 is 0 Å². The minimum atomic E-state index is 0.266. The fourth-order valence-electron chi connectivity index (χ4n) is 3.15. The topological polar surface area (TPSA) is 0 Å². The summed E-state index contributed by atoms with van der Waals surface area (Å²) in [6.45, 7) is 4.74. The number of fused-ring (bicyclic) bond motifs is 3. The summed E-state index contributed by atoms with van der Waals surface area (Å²) in [5.41, 5.74) is 3.32. The van der Waals surface area contributed by atoms with Crippen LogP contribution in [0, 0.1) is 9.49 Å². The Morgan fingerprint density at radius 2 is 1.88 bits per heavy atom. The number of rotatable bonds is 0. The highest BCUT2D eigenvalue weighted by atomic mass is 127. The average Bonchev–Trinajstić information content (AvgIpc) is 2.49. The van der Waals surface area contributed by atoms with Gasteiger partial charge in [0.1, 0.15) is 0 Å². The molecule has 0 bridgehead atoms. The van der Waals surface area contributed by atoms with E-state index in [1.54, 1.807) is 0 Å². The van der Waals surface area contributed by atoms with Crippen LogP contribution in [0.15, 0.2) is 42.5 Å². The molecule has 82 valence electrons. The number of allylic oxidation sites excluding steroid dienone is 4. The molecule has 2 unspecified atom stereocenters. The number of benzene rings is 1. The molecule has 0 saturated heterocycles. The third-order valence-electron chi connectivity index (χ3n) is 4.04. The van der Waals surface area contributed by atoms with Crippen molar-refractivity contribution in [2.45, 2.75) is 25.2 Å². The van der Waals surface area contributed by atoms with Crippen molar-refractivity contribution in [1.82, 2.24) is 0 Å². The van der Waals surface area contributed by atoms with Crippen molar-refractivity contribution in [1.29, 1.82) is 0 Å². The molecule has 0 N–H and O–H groups in total. The molecule has 1 aromatic rings. The SMILES string of the molecule is CC1(C)c2cc(I)ccc2C2C=CC=CC21. The van der Waals surface area contributed by atoms with Gasteiger partial charge in [0.15, 0.2) is 0 Å². The Morgan fingerprint density at radius 1 is 1.12 bits per heavy atom. The first-order chi connectivity index (χ1) is 7.60. The first-order valence-corrected chi connectivity index (χ1v) is 6.83. The smallest absolute Gasteiger partial charge is 0.0133 e. The minimum absolute atomic E-state index is 0.266. The van der Waals surface area contributed by atoms with Crippen LogP contribution in [-0.4, -0.2) is 0 Å². The molecule has 0 fully saturated rings. The monoisotopic (exact) mass is 322 g/mol. The van der Waals surface area contributed by atoms with Gasteiger partial charge in [-0.25, -0.2) is 0 Å². The highest BCUT2D eigenvalue weighted by molar-refractivity contribution is 14.1. The molecular formula is C15H15I. The van der Waals surface area contributed by atoms with Gasteiger partial charge in [0.05, 0.1) is 0 Å². The second-order valence-electron chi connectivity index (χ2n) is 5.27. The van der Waals surface area contributed by atoms with Crippen molar-refractivity contribution < 1.29 is 0 Å². The van der Waals surface area contributed by atoms with E-state index >= 15 is 0 Å². The van der Waals surface area contributed by atoms with E-state index in [0.29, 0.717) is 11.8 Å². The highest BCUT2D eigenvalue weighted by Crippen LogP contribution is 2.52. The fourth-order valence-corrected chi connectivity index (χ4v) is 3.64. The van der Waals surface area contributed by atoms with Crippen molar-refractivity contribution in [2.24, 2.45) is 5.92 Å². The lowest BCUT2D eigenvalue weighted by Gasteiger charge is -2.29. The second-order valence-corrected chi connectivity index (χ2v) is 6.52. The first-order valence-electron chi connectivity index (χ1n) is 5.75. The summed E-state index contributed by atoms with van der Waals surface area (Å²) in [7, 11) is 0. The van der Waals surface area contributed by atoms with E-state index in [4.69, 9.17) is 0 Å². The average molecular weight is 322 g/mol. The normalized spacial score (nSPS) is 28.9. The van der Waals surface area contributed by atoms with Crippen molar-refractivity contribution in [3.05, 3.63) is 57.2 Å². The largest absolute Gasteiger partial charge is 0.0796 e. The zero-order chi connectivity index (χ0) is 11.3. The van der Waals surface area contributed by atoms with Crippen molar-refractivity contribution >= 4 is 22.6 Å². The second kappa shape index (κ2) is 3.46. The van der Waals surface area contributed by atoms with Gasteiger partial charge < -0.3 is 0 Å². The van der Waals surface area contributed by atoms with Crippen molar-refractivity contribution in [2.75, 3.05) is 0 Å². The molecule has 2 atom stereocenters. The Balaban J connectivity index is 2.23. The van der Waals surface area contributed by atoms with E-state index in [-0.39, 0.29) is 5.41 Å². The predicted octanol–water partition coefficient (Wildman–Crippen LogP) is 4.41. The number of halogens is 1. The lowest BCUT2D eigenvalue weighted by molar-refractivity contribution is 0.394. The maximum Gasteiger partial charge on any atom is 0.0133 e. The van der Waals surface area contributed by atoms with Crippen LogP contribution in [0.1, 0.15) is 30.9 Å². The summed E-state index contributed by atoms with van der Waals surface area (Å²) < 4.78 is 1.34. The van der Waals surface area contributed by atoms with Gasteiger partial charge in [0, 0.05) is 9.49 Å². The molecule has 1 aromatic carbocycles. The van der Waals surface area contributed by atoms with E-state index in [1.807, 2.05) is 0 Å². The summed E-state index contributed by atoms with van der Waals surface area (Å²) in [4.78, 5) is 0. The molecule has 0 heterocycles. The van der Waals surface area contributed by atoms with Gasteiger partial charge in [0.2, 0.25) is 0 Å². The molecule has 2 aliphatic rings. The molecule has 0 nitrogen and oxygen atoms in total. The van der Waals surface area contributed by atoms with Crippen molar-refractivity contribution in [3.63, 3.8) is 0 Å². The molecule has 0 aliphatic heterocycles. The molecule has 2 aliphatic carbocycles. The van der Waals surface area contributed by atoms with Crippen LogP contribution < -0.4 is 0 Å². The van der Waals surface area contributed by atoms with E-state index in [2.05, 4.69) is 78.9 Å². The van der Waals surface area contributed by atoms with Gasteiger partial charge in [-0.3, -0.25) is 0 Å². The third kappa shape index (κ3) is 1.33. The van der Waals surface area contributed by atoms with Crippen LogP contribution >= 0.6 is 22.6 Å². The van der Waals surface area contributed by atoms with Gasteiger partial charge >= 0.3 is 0 Å². The Kier molecular flexibility index (Phi) is 2.29. The van der Waals surface area contributed by atoms with Crippen LogP contribution in [0.5, 0.6) is 0 Å². The lowest BCUT2D eigenvalue weighted by Crippen LogP contribution is -2.24. The fraction of sp³-hybridized carbons (Fsp3) is 0.333. The van der Waals surface area contributed by atoms with Gasteiger partial charge in [-0.05, 0) is 57.2 Å². The maximum atomic E-state index is 2.41. The number of hydrogen-bond donors (Lipinski definition) is 0. The zero-order valence-electron chi connectivity index (χ0n) is 9.57. The minimum Gasteiger partial charge on any atom is -0.0796 e. The Labute approximate surface area is 111 Å². The van der Waals surface area contributed by atoms with Crippen LogP contribution in [0.2, 0.25) is 0 Å². The molecule has 0 radical (unpaired) electrons. The lowest BCUT2D eigenvalue weighted by atomic mass is 9.74. The summed E-state index contributed by atoms with van der Waals surface area (Å²) in [6.07, 6.45) is 9.10. The van der Waals surface area contributed by atoms with Gasteiger partial charge in [0.25, 0.3) is 0 Å². The van der Waals surface area contributed by atoms with Gasteiger partial charge in [-0.15, -0.1) is 0 Å². The molecular weight excluding hydrogens is 307 g/mol. The van der Waals surface area contributed by atoms with E-state index in [9.17, 15) is 0 Å². The molecule has 16 heavy (non-hydrogen) atoms. The van der Waals surface area contributed by atoms with Crippen LogP contribution in [0.25, 0.3) is 0 Å². The van der Waals surface area contributed by atoms with Crippen LogP contribution in [0.4, 0.5) is 0 Å². The van der Waals surface area contributed by atoms with Gasteiger partial charge in [-0.1, -0.05) is 44.2 Å². The Morgan fingerprint density at radius 3 is 2.69 bits per heavy atom. The zero-order valence-corrected chi connectivity index (χ0v) is 11.7. The first kappa shape index (κ1) is 10.6. The molecule has 3 rings (SSSR count). The Bertz CT molecular complexity index is 494. The molecule has 1 heteroatoms. The summed E-state index contributed by atoms with van der Waals surface area (Å²) >= 11 is 2.41. The van der Waals surface area contributed by atoms with Crippen molar-refractivity contribution in [3.8, 4) is 0 Å². The molecule has 0 spiro atoms.